The summed E-state index contributed by atoms with van der Waals surface area (Å²) in [5.41, 5.74) is 0.957. The first-order valence-electron chi connectivity index (χ1n) is 4.96. The van der Waals surface area contributed by atoms with Crippen molar-refractivity contribution in [2.24, 2.45) is 0 Å². The zero-order valence-electron chi connectivity index (χ0n) is 8.02. The Labute approximate surface area is 96.1 Å². The summed E-state index contributed by atoms with van der Waals surface area (Å²) in [6.07, 6.45) is 0.627. The van der Waals surface area contributed by atoms with Crippen LogP contribution in [0.2, 0.25) is 0 Å². The molecule has 2 fully saturated rings. The van der Waals surface area contributed by atoms with Gasteiger partial charge in [0.05, 0.1) is 18.3 Å². The number of amides is 1. The number of benzene rings is 1. The summed E-state index contributed by atoms with van der Waals surface area (Å²) in [5.74, 6) is 0.0955. The number of nitrogens with zero attached hydrogens (tertiary/aromatic N) is 1. The van der Waals surface area contributed by atoms with Crippen molar-refractivity contribution in [1.29, 1.82) is 0 Å². The van der Waals surface area contributed by atoms with E-state index in [0.717, 1.165) is 16.6 Å². The molecule has 2 aliphatic heterocycles. The van der Waals surface area contributed by atoms with Gasteiger partial charge < -0.3 is 9.64 Å². The molecule has 1 aromatic carbocycles. The van der Waals surface area contributed by atoms with Gasteiger partial charge >= 0.3 is 0 Å². The first-order valence-corrected chi connectivity index (χ1v) is 5.76. The largest absolute Gasteiger partial charge is 0.366 e. The molecule has 78 valence electrons. The van der Waals surface area contributed by atoms with E-state index in [-0.39, 0.29) is 18.1 Å². The summed E-state index contributed by atoms with van der Waals surface area (Å²) in [4.78, 5) is 13.8. The van der Waals surface area contributed by atoms with E-state index in [0.29, 0.717) is 6.61 Å². The van der Waals surface area contributed by atoms with Crippen LogP contribution in [0.25, 0.3) is 0 Å². The standard InChI is InChI=1S/C11H10BrNO2/c12-8-3-1-2-4-9(8)13-7-5-10(11(13)14)15-6-7/h1-4,7,10H,5-6H2. The fraction of sp³-hybridized carbons (Fsp3) is 0.364. The zero-order chi connectivity index (χ0) is 10.4. The summed E-state index contributed by atoms with van der Waals surface area (Å²) in [6.45, 7) is 0.664. The van der Waals surface area contributed by atoms with E-state index < -0.39 is 0 Å². The number of carbonyl (C=O) groups excluding carboxylic acids is 1. The molecule has 4 heteroatoms. The van der Waals surface area contributed by atoms with Crippen LogP contribution in [0.1, 0.15) is 6.42 Å². The number of para-hydroxylation sites is 1. The first-order chi connectivity index (χ1) is 7.27. The highest BCUT2D eigenvalue weighted by Crippen LogP contribution is 2.37. The predicted octanol–water partition coefficient (Wildman–Crippen LogP) is 1.95. The molecule has 3 nitrogen and oxygen atoms in total. The Bertz CT molecular complexity index is 421. The third-order valence-electron chi connectivity index (χ3n) is 2.97. The third-order valence-corrected chi connectivity index (χ3v) is 3.64. The van der Waals surface area contributed by atoms with Crippen molar-refractivity contribution in [2.45, 2.75) is 18.6 Å². The molecule has 0 N–H and O–H groups in total. The molecule has 2 unspecified atom stereocenters. The van der Waals surface area contributed by atoms with Gasteiger partial charge in [0, 0.05) is 10.9 Å². The summed E-state index contributed by atoms with van der Waals surface area (Å²) >= 11 is 3.47. The van der Waals surface area contributed by atoms with Gasteiger partial charge in [-0.3, -0.25) is 4.79 Å². The first kappa shape index (κ1) is 9.36. The van der Waals surface area contributed by atoms with Gasteiger partial charge in [-0.1, -0.05) is 12.1 Å². The van der Waals surface area contributed by atoms with Crippen molar-refractivity contribution in [3.8, 4) is 0 Å². The van der Waals surface area contributed by atoms with Crippen LogP contribution in [0.15, 0.2) is 28.7 Å². The van der Waals surface area contributed by atoms with Crippen LogP contribution in [0, 0.1) is 0 Å². The highest BCUT2D eigenvalue weighted by molar-refractivity contribution is 9.10. The van der Waals surface area contributed by atoms with Crippen LogP contribution < -0.4 is 4.90 Å². The van der Waals surface area contributed by atoms with E-state index in [4.69, 9.17) is 4.74 Å². The number of hydrogen-bond donors (Lipinski definition) is 0. The Hall–Kier alpha value is -0.870. The lowest BCUT2D eigenvalue weighted by molar-refractivity contribution is -0.128. The average Bonchev–Trinajstić information content (AvgIpc) is 2.80. The molecule has 0 spiro atoms. The number of fused-ring (bicyclic) bond motifs is 2. The van der Waals surface area contributed by atoms with Gasteiger partial charge in [-0.15, -0.1) is 0 Å². The SMILES string of the molecule is O=C1C2CC(CO2)N1c1ccccc1Br. The molecule has 2 heterocycles. The lowest BCUT2D eigenvalue weighted by Gasteiger charge is -2.27. The topological polar surface area (TPSA) is 29.5 Å². The third kappa shape index (κ3) is 1.32. The van der Waals surface area contributed by atoms with Crippen molar-refractivity contribution in [1.82, 2.24) is 0 Å². The van der Waals surface area contributed by atoms with Crippen molar-refractivity contribution < 1.29 is 9.53 Å². The fourth-order valence-electron chi connectivity index (χ4n) is 2.26. The number of morpholine rings is 1. The Morgan fingerprint density at radius 3 is 2.87 bits per heavy atom. The van der Waals surface area contributed by atoms with Crippen molar-refractivity contribution in [2.75, 3.05) is 11.5 Å². The van der Waals surface area contributed by atoms with Gasteiger partial charge in [0.15, 0.2) is 0 Å². The molecule has 0 aliphatic carbocycles. The Morgan fingerprint density at radius 2 is 2.20 bits per heavy atom. The summed E-state index contributed by atoms with van der Waals surface area (Å²) < 4.78 is 6.31. The normalized spacial score (nSPS) is 28.9. The molecule has 0 aromatic heterocycles. The highest BCUT2D eigenvalue weighted by Gasteiger charge is 2.46. The van der Waals surface area contributed by atoms with Crippen LogP contribution >= 0.6 is 15.9 Å². The lowest BCUT2D eigenvalue weighted by atomic mass is 10.2. The maximum absolute atomic E-state index is 11.9. The molecule has 2 atom stereocenters. The molecule has 0 radical (unpaired) electrons. The van der Waals surface area contributed by atoms with Crippen LogP contribution in [0.4, 0.5) is 5.69 Å². The molecule has 3 rings (SSSR count). The van der Waals surface area contributed by atoms with Gasteiger partial charge in [0.2, 0.25) is 0 Å². The van der Waals surface area contributed by atoms with E-state index in [1.54, 1.807) is 0 Å². The molecule has 1 amide bonds. The maximum Gasteiger partial charge on any atom is 0.256 e. The van der Waals surface area contributed by atoms with E-state index in [1.165, 1.54) is 0 Å². The Morgan fingerprint density at radius 1 is 1.40 bits per heavy atom. The minimum Gasteiger partial charge on any atom is -0.366 e. The van der Waals surface area contributed by atoms with Crippen LogP contribution in [0.3, 0.4) is 0 Å². The van der Waals surface area contributed by atoms with E-state index in [1.807, 2.05) is 29.2 Å². The summed E-state index contributed by atoms with van der Waals surface area (Å²) in [5, 5.41) is 0. The van der Waals surface area contributed by atoms with Crippen molar-refractivity contribution in [3.05, 3.63) is 28.7 Å². The minimum absolute atomic E-state index is 0.0955. The molecule has 1 aromatic rings. The van der Waals surface area contributed by atoms with Gasteiger partial charge in [0.25, 0.3) is 5.91 Å². The van der Waals surface area contributed by atoms with E-state index in [9.17, 15) is 4.79 Å². The van der Waals surface area contributed by atoms with E-state index >= 15 is 0 Å². The minimum atomic E-state index is -0.206. The second-order valence-corrected chi connectivity index (χ2v) is 4.73. The van der Waals surface area contributed by atoms with Gasteiger partial charge in [-0.2, -0.15) is 0 Å². The second kappa shape index (κ2) is 3.32. The molecular weight excluding hydrogens is 258 g/mol. The number of ether oxygens (including phenoxy) is 1. The Balaban J connectivity index is 2.02. The molecule has 2 bridgehead atoms. The smallest absolute Gasteiger partial charge is 0.256 e. The fourth-order valence-corrected chi connectivity index (χ4v) is 2.74. The molecule has 15 heavy (non-hydrogen) atoms. The monoisotopic (exact) mass is 267 g/mol. The number of carbonyl (C=O) groups is 1. The average molecular weight is 268 g/mol. The quantitative estimate of drug-likeness (QED) is 0.779. The van der Waals surface area contributed by atoms with Gasteiger partial charge in [0.1, 0.15) is 6.10 Å². The number of hydrogen-bond acceptors (Lipinski definition) is 2. The van der Waals surface area contributed by atoms with Crippen molar-refractivity contribution >= 4 is 27.5 Å². The summed E-state index contributed by atoms with van der Waals surface area (Å²) in [6, 6.07) is 8.03. The summed E-state index contributed by atoms with van der Waals surface area (Å²) in [7, 11) is 0. The lowest BCUT2D eigenvalue weighted by Crippen LogP contribution is -2.42. The van der Waals surface area contributed by atoms with Gasteiger partial charge in [-0.05, 0) is 28.1 Å². The van der Waals surface area contributed by atoms with Crippen LogP contribution in [0.5, 0.6) is 0 Å². The highest BCUT2D eigenvalue weighted by atomic mass is 79.9. The van der Waals surface area contributed by atoms with Crippen molar-refractivity contribution in [3.63, 3.8) is 0 Å². The molecule has 0 saturated carbocycles. The molecule has 2 aliphatic rings. The van der Waals surface area contributed by atoms with E-state index in [2.05, 4.69) is 15.9 Å². The maximum atomic E-state index is 11.9. The molecular formula is C11H10BrNO2. The van der Waals surface area contributed by atoms with Crippen LogP contribution in [-0.4, -0.2) is 24.7 Å². The predicted molar refractivity (Wildman–Crippen MR) is 59.8 cm³/mol. The number of rotatable bonds is 1. The van der Waals surface area contributed by atoms with Crippen LogP contribution in [-0.2, 0) is 9.53 Å². The second-order valence-electron chi connectivity index (χ2n) is 3.87. The van der Waals surface area contributed by atoms with Gasteiger partial charge in [-0.25, -0.2) is 0 Å². The molecule has 2 saturated heterocycles. The number of anilines is 1. The number of halogens is 1. The Kier molecular flexibility index (Phi) is 2.07. The zero-order valence-corrected chi connectivity index (χ0v) is 9.61.